The number of nitrogens with zero attached hydrogens (tertiary/aromatic N) is 2. The quantitative estimate of drug-likeness (QED) is 0.548. The number of aliphatic hydroxyl groups is 1. The van der Waals surface area contributed by atoms with Gasteiger partial charge in [-0.05, 0) is 6.07 Å². The molecule has 1 fully saturated rings. The summed E-state index contributed by atoms with van der Waals surface area (Å²) in [6.07, 6.45) is -0.615. The average molecular weight is 280 g/mol. The predicted octanol–water partition coefficient (Wildman–Crippen LogP) is 0.391. The van der Waals surface area contributed by atoms with Gasteiger partial charge in [0.25, 0.3) is 5.69 Å². The molecule has 2 rings (SSSR count). The van der Waals surface area contributed by atoms with E-state index >= 15 is 0 Å². The molecule has 108 valence electrons. The SMILES string of the molecule is CN(C(=O)Nc1cccc([N+](=O)[O-])c1)[C@@H]1CNC[C@H]1O. The van der Waals surface area contributed by atoms with Crippen molar-refractivity contribution < 1.29 is 14.8 Å². The Morgan fingerprint density at radius 1 is 1.55 bits per heavy atom. The molecule has 8 heteroatoms. The van der Waals surface area contributed by atoms with Crippen molar-refractivity contribution in [1.29, 1.82) is 0 Å². The first-order chi connectivity index (χ1) is 9.49. The molecule has 2 atom stereocenters. The second-order valence-electron chi connectivity index (χ2n) is 4.64. The molecule has 0 aliphatic carbocycles. The van der Waals surface area contributed by atoms with Crippen LogP contribution in [-0.2, 0) is 0 Å². The summed E-state index contributed by atoms with van der Waals surface area (Å²) in [5.74, 6) is 0. The van der Waals surface area contributed by atoms with Crippen molar-refractivity contribution in [2.45, 2.75) is 12.1 Å². The van der Waals surface area contributed by atoms with Gasteiger partial charge < -0.3 is 20.6 Å². The number of nitrogens with one attached hydrogen (secondary N) is 2. The van der Waals surface area contributed by atoms with Gasteiger partial charge in [0.15, 0.2) is 0 Å². The topological polar surface area (TPSA) is 108 Å². The van der Waals surface area contributed by atoms with E-state index in [0.29, 0.717) is 18.8 Å². The minimum atomic E-state index is -0.615. The minimum Gasteiger partial charge on any atom is -0.390 e. The summed E-state index contributed by atoms with van der Waals surface area (Å²) >= 11 is 0. The van der Waals surface area contributed by atoms with Crippen LogP contribution < -0.4 is 10.6 Å². The van der Waals surface area contributed by atoms with Gasteiger partial charge in [-0.15, -0.1) is 0 Å². The smallest absolute Gasteiger partial charge is 0.321 e. The number of nitro benzene ring substituents is 1. The van der Waals surface area contributed by atoms with Crippen LogP contribution in [0.1, 0.15) is 0 Å². The van der Waals surface area contributed by atoms with E-state index in [1.807, 2.05) is 0 Å². The molecule has 1 saturated heterocycles. The molecular formula is C12H16N4O4. The zero-order valence-electron chi connectivity index (χ0n) is 10.9. The van der Waals surface area contributed by atoms with Gasteiger partial charge in [-0.3, -0.25) is 10.1 Å². The Morgan fingerprint density at radius 3 is 2.90 bits per heavy atom. The molecule has 1 aromatic carbocycles. The summed E-state index contributed by atoms with van der Waals surface area (Å²) in [6.45, 7) is 0.957. The number of benzene rings is 1. The molecule has 3 N–H and O–H groups in total. The first kappa shape index (κ1) is 14.2. The van der Waals surface area contributed by atoms with Crippen LogP contribution in [-0.4, -0.2) is 53.2 Å². The number of anilines is 1. The van der Waals surface area contributed by atoms with Crippen molar-refractivity contribution >= 4 is 17.4 Å². The van der Waals surface area contributed by atoms with Crippen molar-refractivity contribution in [3.63, 3.8) is 0 Å². The van der Waals surface area contributed by atoms with Gasteiger partial charge in [0.2, 0.25) is 0 Å². The number of urea groups is 1. The van der Waals surface area contributed by atoms with Crippen LogP contribution in [0.2, 0.25) is 0 Å². The number of hydrogen-bond acceptors (Lipinski definition) is 5. The largest absolute Gasteiger partial charge is 0.390 e. The highest BCUT2D eigenvalue weighted by Gasteiger charge is 2.31. The highest BCUT2D eigenvalue weighted by atomic mass is 16.6. The van der Waals surface area contributed by atoms with E-state index in [0.717, 1.165) is 0 Å². The van der Waals surface area contributed by atoms with E-state index in [2.05, 4.69) is 10.6 Å². The first-order valence-corrected chi connectivity index (χ1v) is 6.16. The number of carbonyl (C=O) groups excluding carboxylic acids is 1. The number of carbonyl (C=O) groups is 1. The van der Waals surface area contributed by atoms with Crippen LogP contribution in [0.3, 0.4) is 0 Å². The van der Waals surface area contributed by atoms with E-state index in [9.17, 15) is 20.0 Å². The fourth-order valence-electron chi connectivity index (χ4n) is 2.11. The second kappa shape index (κ2) is 5.85. The van der Waals surface area contributed by atoms with Crippen molar-refractivity contribution in [3.8, 4) is 0 Å². The lowest BCUT2D eigenvalue weighted by Crippen LogP contribution is -2.46. The molecule has 1 aromatic rings. The monoisotopic (exact) mass is 280 g/mol. The van der Waals surface area contributed by atoms with Gasteiger partial charge in [0, 0.05) is 38.0 Å². The third kappa shape index (κ3) is 3.03. The fraction of sp³-hybridized carbons (Fsp3) is 0.417. The standard InChI is InChI=1S/C12H16N4O4/c1-15(10-6-13-7-11(10)17)12(18)14-8-3-2-4-9(5-8)16(19)20/h2-5,10-11,13,17H,6-7H2,1H3,(H,14,18)/t10-,11-/m1/s1. The van der Waals surface area contributed by atoms with Crippen LogP contribution in [0.5, 0.6) is 0 Å². The lowest BCUT2D eigenvalue weighted by Gasteiger charge is -2.26. The molecule has 2 amide bonds. The summed E-state index contributed by atoms with van der Waals surface area (Å²) in [5.41, 5.74) is 0.254. The Kier molecular flexibility index (Phi) is 4.16. The Hall–Kier alpha value is -2.19. The Labute approximate surface area is 115 Å². The number of amides is 2. The number of nitro groups is 1. The highest BCUT2D eigenvalue weighted by Crippen LogP contribution is 2.18. The Balaban J connectivity index is 2.04. The second-order valence-corrected chi connectivity index (χ2v) is 4.64. The molecule has 1 heterocycles. The number of non-ortho nitro benzene ring substituents is 1. The molecule has 0 unspecified atom stereocenters. The maximum atomic E-state index is 12.0. The molecule has 0 radical (unpaired) electrons. The molecule has 0 aromatic heterocycles. The zero-order valence-corrected chi connectivity index (χ0v) is 10.9. The zero-order chi connectivity index (χ0) is 14.7. The maximum absolute atomic E-state index is 12.0. The van der Waals surface area contributed by atoms with Crippen molar-refractivity contribution in [2.75, 3.05) is 25.5 Å². The minimum absolute atomic E-state index is 0.0898. The molecule has 0 spiro atoms. The van der Waals surface area contributed by atoms with Gasteiger partial charge in [-0.25, -0.2) is 4.79 Å². The molecule has 1 aliphatic heterocycles. The average Bonchev–Trinajstić information content (AvgIpc) is 2.84. The van der Waals surface area contributed by atoms with Gasteiger partial charge in [-0.1, -0.05) is 6.07 Å². The van der Waals surface area contributed by atoms with E-state index in [-0.39, 0.29) is 11.7 Å². The van der Waals surface area contributed by atoms with Crippen LogP contribution in [0.25, 0.3) is 0 Å². The summed E-state index contributed by atoms with van der Waals surface area (Å²) in [6, 6.07) is 4.98. The first-order valence-electron chi connectivity index (χ1n) is 6.16. The molecule has 0 bridgehead atoms. The third-order valence-electron chi connectivity index (χ3n) is 3.28. The van der Waals surface area contributed by atoms with Crippen LogP contribution >= 0.6 is 0 Å². The maximum Gasteiger partial charge on any atom is 0.321 e. The Bertz CT molecular complexity index is 522. The molecule has 0 saturated carbocycles. The predicted molar refractivity (Wildman–Crippen MR) is 72.5 cm³/mol. The summed E-state index contributed by atoms with van der Waals surface area (Å²) in [4.78, 5) is 23.6. The number of β-amino-alcohol motifs (C(OH)–C–C–N with tert-alkyl or cyclic N) is 1. The van der Waals surface area contributed by atoms with Crippen molar-refractivity contribution in [3.05, 3.63) is 34.4 Å². The van der Waals surface area contributed by atoms with E-state index in [1.54, 1.807) is 13.1 Å². The summed E-state index contributed by atoms with van der Waals surface area (Å²) in [5, 5.41) is 25.9. The summed E-state index contributed by atoms with van der Waals surface area (Å²) in [7, 11) is 1.58. The van der Waals surface area contributed by atoms with E-state index < -0.39 is 17.1 Å². The Morgan fingerprint density at radius 2 is 2.30 bits per heavy atom. The van der Waals surface area contributed by atoms with Gasteiger partial charge >= 0.3 is 6.03 Å². The number of likely N-dealkylation sites (N-methyl/N-ethyl adjacent to an activating group) is 1. The van der Waals surface area contributed by atoms with Crippen molar-refractivity contribution in [2.24, 2.45) is 0 Å². The van der Waals surface area contributed by atoms with Gasteiger partial charge in [0.1, 0.15) is 0 Å². The normalized spacial score (nSPS) is 21.5. The van der Waals surface area contributed by atoms with E-state index in [1.165, 1.54) is 23.1 Å². The lowest BCUT2D eigenvalue weighted by molar-refractivity contribution is -0.384. The van der Waals surface area contributed by atoms with Crippen LogP contribution in [0, 0.1) is 10.1 Å². The number of hydrogen-bond donors (Lipinski definition) is 3. The highest BCUT2D eigenvalue weighted by molar-refractivity contribution is 5.89. The fourth-order valence-corrected chi connectivity index (χ4v) is 2.11. The van der Waals surface area contributed by atoms with E-state index in [4.69, 9.17) is 0 Å². The molecule has 8 nitrogen and oxygen atoms in total. The number of aliphatic hydroxyl groups excluding tert-OH is 1. The summed E-state index contributed by atoms with van der Waals surface area (Å²) < 4.78 is 0. The lowest BCUT2D eigenvalue weighted by atomic mass is 10.2. The molecule has 1 aliphatic rings. The van der Waals surface area contributed by atoms with Crippen molar-refractivity contribution in [1.82, 2.24) is 10.2 Å². The molecular weight excluding hydrogens is 264 g/mol. The van der Waals surface area contributed by atoms with Crippen LogP contribution in [0.4, 0.5) is 16.2 Å². The third-order valence-corrected chi connectivity index (χ3v) is 3.28. The number of rotatable bonds is 3. The van der Waals surface area contributed by atoms with Gasteiger partial charge in [0.05, 0.1) is 17.1 Å². The molecule has 20 heavy (non-hydrogen) atoms. The van der Waals surface area contributed by atoms with Gasteiger partial charge in [-0.2, -0.15) is 0 Å². The van der Waals surface area contributed by atoms with Crippen LogP contribution in [0.15, 0.2) is 24.3 Å².